The van der Waals surface area contributed by atoms with Gasteiger partial charge in [-0.1, -0.05) is 12.1 Å². The van der Waals surface area contributed by atoms with Crippen molar-refractivity contribution in [2.75, 3.05) is 5.32 Å². The van der Waals surface area contributed by atoms with Gasteiger partial charge in [0.15, 0.2) is 5.78 Å². The highest BCUT2D eigenvalue weighted by atomic mass is 16.1. The molecule has 4 nitrogen and oxygen atoms in total. The van der Waals surface area contributed by atoms with Gasteiger partial charge < -0.3 is 11.1 Å². The third-order valence-electron chi connectivity index (χ3n) is 3.00. The first kappa shape index (κ1) is 14.0. The number of amides is 1. The minimum Gasteiger partial charge on any atom is -0.326 e. The number of hydrogen-bond donors (Lipinski definition) is 2. The van der Waals surface area contributed by atoms with Gasteiger partial charge in [-0.05, 0) is 48.9 Å². The lowest BCUT2D eigenvalue weighted by Crippen LogP contribution is -2.12. The Labute approximate surface area is 117 Å². The quantitative estimate of drug-likeness (QED) is 0.837. The van der Waals surface area contributed by atoms with E-state index >= 15 is 0 Å². The van der Waals surface area contributed by atoms with Crippen molar-refractivity contribution in [3.8, 4) is 0 Å². The summed E-state index contributed by atoms with van der Waals surface area (Å²) in [7, 11) is 0. The average Bonchev–Trinajstić information content (AvgIpc) is 2.48. The molecular formula is C16H16N2O2. The van der Waals surface area contributed by atoms with Gasteiger partial charge in [-0.25, -0.2) is 0 Å². The van der Waals surface area contributed by atoms with E-state index in [9.17, 15) is 9.59 Å². The number of carbonyl (C=O) groups excluding carboxylic acids is 2. The maximum atomic E-state index is 12.0. The normalized spacial score (nSPS) is 10.1. The van der Waals surface area contributed by atoms with E-state index in [0.29, 0.717) is 23.4 Å². The van der Waals surface area contributed by atoms with Crippen LogP contribution < -0.4 is 11.1 Å². The second-order valence-corrected chi connectivity index (χ2v) is 4.49. The zero-order valence-corrected chi connectivity index (χ0v) is 11.2. The Morgan fingerprint density at radius 1 is 0.950 bits per heavy atom. The van der Waals surface area contributed by atoms with Gasteiger partial charge in [0.2, 0.25) is 0 Å². The molecule has 4 heteroatoms. The third kappa shape index (κ3) is 3.30. The second kappa shape index (κ2) is 6.12. The largest absolute Gasteiger partial charge is 0.326 e. The minimum absolute atomic E-state index is 0.000231. The molecule has 2 aromatic rings. The van der Waals surface area contributed by atoms with Crippen molar-refractivity contribution < 1.29 is 9.59 Å². The summed E-state index contributed by atoms with van der Waals surface area (Å²) in [6, 6.07) is 13.9. The van der Waals surface area contributed by atoms with Crippen LogP contribution in [0.4, 0.5) is 5.69 Å². The number of anilines is 1. The third-order valence-corrected chi connectivity index (χ3v) is 3.00. The highest BCUT2D eigenvalue weighted by molar-refractivity contribution is 6.04. The lowest BCUT2D eigenvalue weighted by Gasteiger charge is -2.06. The minimum atomic E-state index is -0.191. The van der Waals surface area contributed by atoms with Gasteiger partial charge in [0.1, 0.15) is 0 Å². The number of Topliss-reactive ketones (excluding diaryl/α,β-unsaturated/α-hetero) is 1. The number of rotatable bonds is 4. The Morgan fingerprint density at radius 2 is 1.50 bits per heavy atom. The molecule has 0 saturated heterocycles. The zero-order chi connectivity index (χ0) is 14.5. The number of nitrogens with one attached hydrogen (secondary N) is 1. The predicted octanol–water partition coefficient (Wildman–Crippen LogP) is 2.60. The van der Waals surface area contributed by atoms with E-state index in [2.05, 4.69) is 5.32 Å². The summed E-state index contributed by atoms with van der Waals surface area (Å²) in [4.78, 5) is 23.2. The highest BCUT2D eigenvalue weighted by Gasteiger charge is 2.06. The van der Waals surface area contributed by atoms with Crippen LogP contribution in [0.25, 0.3) is 0 Å². The maximum absolute atomic E-state index is 12.0. The summed E-state index contributed by atoms with van der Waals surface area (Å²) in [6.45, 7) is 1.96. The van der Waals surface area contributed by atoms with Gasteiger partial charge >= 0.3 is 0 Å². The van der Waals surface area contributed by atoms with Crippen LogP contribution in [0, 0.1) is 0 Å². The van der Waals surface area contributed by atoms with Crippen LogP contribution in [0.5, 0.6) is 0 Å². The first-order chi connectivity index (χ1) is 9.60. The highest BCUT2D eigenvalue weighted by Crippen LogP contribution is 2.12. The van der Waals surface area contributed by atoms with Crippen molar-refractivity contribution in [2.45, 2.75) is 13.5 Å². The molecule has 0 heterocycles. The van der Waals surface area contributed by atoms with Gasteiger partial charge in [-0.15, -0.1) is 0 Å². The van der Waals surface area contributed by atoms with E-state index in [4.69, 9.17) is 5.73 Å². The number of carbonyl (C=O) groups is 2. The van der Waals surface area contributed by atoms with E-state index in [-0.39, 0.29) is 11.7 Å². The van der Waals surface area contributed by atoms with E-state index in [0.717, 1.165) is 5.56 Å². The van der Waals surface area contributed by atoms with Crippen LogP contribution in [0.2, 0.25) is 0 Å². The van der Waals surface area contributed by atoms with Crippen molar-refractivity contribution >= 4 is 17.4 Å². The lowest BCUT2D eigenvalue weighted by atomic mass is 10.1. The molecule has 1 amide bonds. The molecule has 0 atom stereocenters. The van der Waals surface area contributed by atoms with Gasteiger partial charge in [-0.2, -0.15) is 0 Å². The van der Waals surface area contributed by atoms with Crippen LogP contribution in [0.1, 0.15) is 33.2 Å². The molecule has 2 rings (SSSR count). The molecular weight excluding hydrogens is 252 g/mol. The number of benzene rings is 2. The van der Waals surface area contributed by atoms with E-state index in [1.807, 2.05) is 12.1 Å². The van der Waals surface area contributed by atoms with Crippen molar-refractivity contribution in [2.24, 2.45) is 5.73 Å². The van der Waals surface area contributed by atoms with E-state index in [1.165, 1.54) is 6.92 Å². The van der Waals surface area contributed by atoms with Crippen LogP contribution in [0.15, 0.2) is 48.5 Å². The number of hydrogen-bond acceptors (Lipinski definition) is 3. The van der Waals surface area contributed by atoms with Gasteiger partial charge in [-0.3, -0.25) is 9.59 Å². The molecule has 20 heavy (non-hydrogen) atoms. The molecule has 0 aromatic heterocycles. The maximum Gasteiger partial charge on any atom is 0.255 e. The van der Waals surface area contributed by atoms with Crippen LogP contribution in [0.3, 0.4) is 0 Å². The summed E-state index contributed by atoms with van der Waals surface area (Å²) in [5.41, 5.74) is 8.33. The standard InChI is InChI=1S/C16H16N2O2/c1-11(19)13-6-8-15(9-7-13)18-16(20)14-4-2-12(10-17)3-5-14/h2-9H,10,17H2,1H3,(H,18,20). The second-order valence-electron chi connectivity index (χ2n) is 4.49. The zero-order valence-electron chi connectivity index (χ0n) is 11.2. The Bertz CT molecular complexity index is 616. The SMILES string of the molecule is CC(=O)c1ccc(NC(=O)c2ccc(CN)cc2)cc1. The monoisotopic (exact) mass is 268 g/mol. The fourth-order valence-electron chi connectivity index (χ4n) is 1.78. The van der Waals surface area contributed by atoms with E-state index in [1.54, 1.807) is 36.4 Å². The van der Waals surface area contributed by atoms with Crippen LogP contribution >= 0.6 is 0 Å². The number of ketones is 1. The molecule has 0 saturated carbocycles. The van der Waals surface area contributed by atoms with Crippen LogP contribution in [-0.2, 0) is 6.54 Å². The van der Waals surface area contributed by atoms with Crippen molar-refractivity contribution in [3.05, 3.63) is 65.2 Å². The molecule has 0 aliphatic rings. The molecule has 3 N–H and O–H groups in total. The molecule has 2 aromatic carbocycles. The molecule has 0 radical (unpaired) electrons. The van der Waals surface area contributed by atoms with E-state index < -0.39 is 0 Å². The molecule has 0 fully saturated rings. The molecule has 0 aliphatic carbocycles. The molecule has 102 valence electrons. The fraction of sp³-hybridized carbons (Fsp3) is 0.125. The average molecular weight is 268 g/mol. The topological polar surface area (TPSA) is 72.2 Å². The Hall–Kier alpha value is -2.46. The van der Waals surface area contributed by atoms with Crippen molar-refractivity contribution in [1.82, 2.24) is 0 Å². The molecule has 0 bridgehead atoms. The summed E-state index contributed by atoms with van der Waals surface area (Å²) < 4.78 is 0. The fourth-order valence-corrected chi connectivity index (χ4v) is 1.78. The smallest absolute Gasteiger partial charge is 0.255 e. The Morgan fingerprint density at radius 3 is 2.00 bits per heavy atom. The predicted molar refractivity (Wildman–Crippen MR) is 78.7 cm³/mol. The first-order valence-electron chi connectivity index (χ1n) is 6.31. The lowest BCUT2D eigenvalue weighted by molar-refractivity contribution is 0.101. The number of nitrogens with two attached hydrogens (primary N) is 1. The summed E-state index contributed by atoms with van der Waals surface area (Å²) in [5.74, 6) is -0.190. The van der Waals surface area contributed by atoms with Crippen LogP contribution in [-0.4, -0.2) is 11.7 Å². The summed E-state index contributed by atoms with van der Waals surface area (Å²) in [5, 5.41) is 2.78. The Kier molecular flexibility index (Phi) is 4.27. The Balaban J connectivity index is 2.08. The molecule has 0 spiro atoms. The van der Waals surface area contributed by atoms with Gasteiger partial charge in [0.05, 0.1) is 0 Å². The van der Waals surface area contributed by atoms with Crippen molar-refractivity contribution in [3.63, 3.8) is 0 Å². The van der Waals surface area contributed by atoms with Gasteiger partial charge in [0, 0.05) is 23.4 Å². The summed E-state index contributed by atoms with van der Waals surface area (Å²) >= 11 is 0. The summed E-state index contributed by atoms with van der Waals surface area (Å²) in [6.07, 6.45) is 0. The van der Waals surface area contributed by atoms with Gasteiger partial charge in [0.25, 0.3) is 5.91 Å². The molecule has 0 aliphatic heterocycles. The van der Waals surface area contributed by atoms with Crippen molar-refractivity contribution in [1.29, 1.82) is 0 Å². The molecule has 0 unspecified atom stereocenters. The first-order valence-corrected chi connectivity index (χ1v) is 6.31.